The van der Waals surface area contributed by atoms with Crippen LogP contribution >= 0.6 is 15.9 Å². The maximum atomic E-state index is 12.9. The Morgan fingerprint density at radius 1 is 1.33 bits per heavy atom. The zero-order chi connectivity index (χ0) is 19.8. The Morgan fingerprint density at radius 2 is 2.04 bits per heavy atom. The summed E-state index contributed by atoms with van der Waals surface area (Å²) in [6.45, 7) is 3.77. The number of hydrogen-bond donors (Lipinski definition) is 1. The van der Waals surface area contributed by atoms with E-state index in [-0.39, 0.29) is 23.4 Å². The first-order valence-corrected chi connectivity index (χ1v) is 8.81. The second-order valence-electron chi connectivity index (χ2n) is 6.10. The molecule has 1 aliphatic heterocycles. The first-order valence-electron chi connectivity index (χ1n) is 8.01. The third kappa shape index (κ3) is 3.17. The molecule has 1 atom stereocenters. The number of nitro groups is 1. The van der Waals surface area contributed by atoms with Crippen LogP contribution in [0.5, 0.6) is 0 Å². The predicted octanol–water partition coefficient (Wildman–Crippen LogP) is 3.35. The van der Waals surface area contributed by atoms with Crippen molar-refractivity contribution in [1.82, 2.24) is 0 Å². The van der Waals surface area contributed by atoms with E-state index >= 15 is 0 Å². The van der Waals surface area contributed by atoms with E-state index in [2.05, 4.69) is 22.5 Å². The summed E-state index contributed by atoms with van der Waals surface area (Å²) < 4.78 is 0.631. The summed E-state index contributed by atoms with van der Waals surface area (Å²) in [5, 5.41) is 22.3. The lowest BCUT2D eigenvalue weighted by molar-refractivity contribution is -0.385. The molecule has 8 heteroatoms. The second kappa shape index (κ2) is 7.05. The van der Waals surface area contributed by atoms with Gasteiger partial charge in [-0.25, -0.2) is 0 Å². The minimum absolute atomic E-state index is 0.151. The van der Waals surface area contributed by atoms with Gasteiger partial charge < -0.3 is 10.0 Å². The highest BCUT2D eigenvalue weighted by Gasteiger charge is 2.51. The SMILES string of the molecule is C=CCN1C(=O)[C@](O)(CC(=O)c2ccccc2[N+](=O)[O-])c2cc(Br)ccc21. The lowest BCUT2D eigenvalue weighted by Gasteiger charge is -2.22. The van der Waals surface area contributed by atoms with Crippen LogP contribution in [0.1, 0.15) is 22.3 Å². The van der Waals surface area contributed by atoms with Crippen molar-refractivity contribution in [2.24, 2.45) is 0 Å². The van der Waals surface area contributed by atoms with Crippen molar-refractivity contribution in [2.75, 3.05) is 11.4 Å². The number of aliphatic hydroxyl groups is 1. The minimum atomic E-state index is -2.11. The number of nitrogens with zero attached hydrogens (tertiary/aromatic N) is 2. The topological polar surface area (TPSA) is 101 Å². The smallest absolute Gasteiger partial charge is 0.280 e. The van der Waals surface area contributed by atoms with Gasteiger partial charge in [-0.15, -0.1) is 6.58 Å². The molecule has 1 N–H and O–H groups in total. The molecule has 138 valence electrons. The van der Waals surface area contributed by atoms with Gasteiger partial charge in [-0.05, 0) is 24.3 Å². The summed E-state index contributed by atoms with van der Waals surface area (Å²) in [6.07, 6.45) is 0.910. The first-order chi connectivity index (χ1) is 12.8. The summed E-state index contributed by atoms with van der Waals surface area (Å²) in [7, 11) is 0. The highest BCUT2D eigenvalue weighted by molar-refractivity contribution is 9.10. The van der Waals surface area contributed by atoms with Crippen LogP contribution in [-0.2, 0) is 10.4 Å². The fourth-order valence-electron chi connectivity index (χ4n) is 3.20. The van der Waals surface area contributed by atoms with Crippen molar-refractivity contribution in [1.29, 1.82) is 0 Å². The van der Waals surface area contributed by atoms with Crippen molar-refractivity contribution in [3.8, 4) is 0 Å². The largest absolute Gasteiger partial charge is 0.375 e. The number of Topliss-reactive ketones (excluding diaryl/α,β-unsaturated/α-hetero) is 1. The number of nitro benzene ring substituents is 1. The van der Waals surface area contributed by atoms with Crippen molar-refractivity contribution < 1.29 is 19.6 Å². The maximum absolute atomic E-state index is 12.9. The Balaban J connectivity index is 2.05. The number of carbonyl (C=O) groups is 2. The molecule has 0 saturated heterocycles. The van der Waals surface area contributed by atoms with Crippen LogP contribution in [0.25, 0.3) is 0 Å². The molecule has 2 aromatic carbocycles. The van der Waals surface area contributed by atoms with Gasteiger partial charge in [0.15, 0.2) is 11.4 Å². The summed E-state index contributed by atoms with van der Waals surface area (Å²) in [4.78, 5) is 37.5. The number of hydrogen-bond acceptors (Lipinski definition) is 5. The molecule has 1 aliphatic rings. The summed E-state index contributed by atoms with van der Waals surface area (Å²) in [6, 6.07) is 10.4. The Labute approximate surface area is 163 Å². The third-order valence-electron chi connectivity index (χ3n) is 4.42. The van der Waals surface area contributed by atoms with Gasteiger partial charge >= 0.3 is 0 Å². The number of ketones is 1. The van der Waals surface area contributed by atoms with Crippen molar-refractivity contribution in [3.05, 3.63) is 80.8 Å². The molecule has 0 fully saturated rings. The standard InChI is InChI=1S/C19H15BrN2O5/c1-2-9-21-16-8-7-12(20)10-14(16)19(25,18(21)24)11-17(23)13-5-3-4-6-15(13)22(26)27/h2-8,10,25H,1,9,11H2/t19-/m0/s1. The second-order valence-corrected chi connectivity index (χ2v) is 7.02. The molecule has 2 aromatic rings. The number of amides is 1. The average Bonchev–Trinajstić information content (AvgIpc) is 2.83. The third-order valence-corrected chi connectivity index (χ3v) is 4.92. The van der Waals surface area contributed by atoms with Crippen LogP contribution in [0.4, 0.5) is 11.4 Å². The normalized spacial score (nSPS) is 18.3. The fraction of sp³-hybridized carbons (Fsp3) is 0.158. The summed E-state index contributed by atoms with van der Waals surface area (Å²) >= 11 is 3.30. The minimum Gasteiger partial charge on any atom is -0.375 e. The molecule has 1 heterocycles. The maximum Gasteiger partial charge on any atom is 0.280 e. The number of halogens is 1. The molecule has 7 nitrogen and oxygen atoms in total. The van der Waals surface area contributed by atoms with E-state index < -0.39 is 28.6 Å². The molecule has 1 amide bonds. The lowest BCUT2D eigenvalue weighted by Crippen LogP contribution is -2.42. The van der Waals surface area contributed by atoms with E-state index in [0.29, 0.717) is 10.2 Å². The predicted molar refractivity (Wildman–Crippen MR) is 103 cm³/mol. The molecule has 0 aromatic heterocycles. The van der Waals surface area contributed by atoms with E-state index in [0.717, 1.165) is 0 Å². The Bertz CT molecular complexity index is 974. The fourth-order valence-corrected chi connectivity index (χ4v) is 3.56. The summed E-state index contributed by atoms with van der Waals surface area (Å²) in [5.41, 5.74) is -1.88. The van der Waals surface area contributed by atoms with Gasteiger partial charge in [-0.3, -0.25) is 19.7 Å². The Hall–Kier alpha value is -2.84. The lowest BCUT2D eigenvalue weighted by atomic mass is 9.88. The number of carbonyl (C=O) groups excluding carboxylic acids is 2. The molecular formula is C19H15BrN2O5. The van der Waals surface area contributed by atoms with Crippen LogP contribution < -0.4 is 4.90 Å². The summed E-state index contributed by atoms with van der Waals surface area (Å²) in [5.74, 6) is -1.35. The van der Waals surface area contributed by atoms with Gasteiger partial charge in [-0.2, -0.15) is 0 Å². The molecule has 3 rings (SSSR count). The average molecular weight is 431 g/mol. The molecule has 0 saturated carbocycles. The molecule has 0 radical (unpaired) electrons. The highest BCUT2D eigenvalue weighted by atomic mass is 79.9. The van der Waals surface area contributed by atoms with Gasteiger partial charge in [0.05, 0.1) is 22.6 Å². The van der Waals surface area contributed by atoms with Gasteiger partial charge in [0.25, 0.3) is 11.6 Å². The molecule has 0 aliphatic carbocycles. The van der Waals surface area contributed by atoms with Gasteiger partial charge in [-0.1, -0.05) is 34.1 Å². The number of rotatable bonds is 6. The van der Waals surface area contributed by atoms with Crippen LogP contribution in [0, 0.1) is 10.1 Å². The van der Waals surface area contributed by atoms with Crippen LogP contribution in [0.2, 0.25) is 0 Å². The number of benzene rings is 2. The molecule has 27 heavy (non-hydrogen) atoms. The van der Waals surface area contributed by atoms with Crippen molar-refractivity contribution >= 4 is 39.0 Å². The zero-order valence-electron chi connectivity index (χ0n) is 14.1. The Kier molecular flexibility index (Phi) is 4.95. The molecular weight excluding hydrogens is 416 g/mol. The monoisotopic (exact) mass is 430 g/mol. The number of para-hydroxylation sites is 1. The van der Waals surface area contributed by atoms with Crippen LogP contribution in [-0.4, -0.2) is 28.3 Å². The van der Waals surface area contributed by atoms with Gasteiger partial charge in [0.2, 0.25) is 0 Å². The first kappa shape index (κ1) is 18.9. The molecule has 0 spiro atoms. The Morgan fingerprint density at radius 3 is 2.70 bits per heavy atom. The molecule has 0 unspecified atom stereocenters. The molecule has 0 bridgehead atoms. The van der Waals surface area contributed by atoms with Crippen molar-refractivity contribution in [2.45, 2.75) is 12.0 Å². The van der Waals surface area contributed by atoms with E-state index in [1.54, 1.807) is 18.2 Å². The van der Waals surface area contributed by atoms with Gasteiger partial charge in [0.1, 0.15) is 0 Å². The van der Waals surface area contributed by atoms with Crippen LogP contribution in [0.3, 0.4) is 0 Å². The van der Waals surface area contributed by atoms with Crippen LogP contribution in [0.15, 0.2) is 59.6 Å². The van der Waals surface area contributed by atoms with E-state index in [4.69, 9.17) is 0 Å². The van der Waals surface area contributed by atoms with E-state index in [9.17, 15) is 24.8 Å². The highest BCUT2D eigenvalue weighted by Crippen LogP contribution is 2.44. The number of anilines is 1. The number of fused-ring (bicyclic) bond motifs is 1. The van der Waals surface area contributed by atoms with Gasteiger partial charge in [0, 0.05) is 22.6 Å². The van der Waals surface area contributed by atoms with E-state index in [1.807, 2.05) is 0 Å². The quantitative estimate of drug-likeness (QED) is 0.327. The van der Waals surface area contributed by atoms with E-state index in [1.165, 1.54) is 35.2 Å². The zero-order valence-corrected chi connectivity index (χ0v) is 15.7. The van der Waals surface area contributed by atoms with Crippen molar-refractivity contribution in [3.63, 3.8) is 0 Å².